The van der Waals surface area contributed by atoms with Crippen LogP contribution >= 0.6 is 0 Å². The lowest BCUT2D eigenvalue weighted by Crippen LogP contribution is -2.49. The highest BCUT2D eigenvalue weighted by molar-refractivity contribution is 6.07. The number of methoxy groups -OCH3 is 2. The van der Waals surface area contributed by atoms with Gasteiger partial charge in [-0.25, -0.2) is 0 Å². The molecule has 0 aromatic heterocycles. The van der Waals surface area contributed by atoms with Crippen molar-refractivity contribution in [2.75, 3.05) is 32.2 Å². The van der Waals surface area contributed by atoms with Crippen molar-refractivity contribution in [3.05, 3.63) is 125 Å². The van der Waals surface area contributed by atoms with Gasteiger partial charge >= 0.3 is 0 Å². The van der Waals surface area contributed by atoms with Crippen LogP contribution in [0.25, 0.3) is 28.0 Å². The standard InChI is InChI=1S/C50H55NO4/c1-33-31-51(32-34(2)54-33)37-20-16-35(17-21-37)50(36-18-22-38(52-5)23-19-36)29-26-42-46-45(40-25-24-39(53-6)30-43(40)47(42)55-50)41-14-10-11-15-44(41)48(3,4)49(46)27-12-8-7-9-13-28-49/h10-11,14-26,29-30,33-34H,7-9,12-13,27-28,31-32H2,1-6H3. The molecule has 5 aromatic carbocycles. The molecule has 2 aliphatic heterocycles. The zero-order valence-electron chi connectivity index (χ0n) is 33.4. The molecule has 1 saturated heterocycles. The Bertz CT molecular complexity index is 2240. The first kappa shape index (κ1) is 35.9. The van der Waals surface area contributed by atoms with Crippen LogP contribution in [0.4, 0.5) is 5.69 Å². The first-order chi connectivity index (χ1) is 26.7. The van der Waals surface area contributed by atoms with Gasteiger partial charge in [0.1, 0.15) is 17.2 Å². The highest BCUT2D eigenvalue weighted by Crippen LogP contribution is 2.64. The highest BCUT2D eigenvalue weighted by Gasteiger charge is 2.54. The van der Waals surface area contributed by atoms with E-state index in [2.05, 4.69) is 124 Å². The Kier molecular flexibility index (Phi) is 9.00. The predicted molar refractivity (Wildman–Crippen MR) is 225 cm³/mol. The first-order valence-corrected chi connectivity index (χ1v) is 20.5. The molecule has 0 bridgehead atoms. The monoisotopic (exact) mass is 733 g/mol. The number of anilines is 1. The Hall–Kier alpha value is -4.74. The third-order valence-corrected chi connectivity index (χ3v) is 13.6. The summed E-state index contributed by atoms with van der Waals surface area (Å²) in [7, 11) is 3.48. The van der Waals surface area contributed by atoms with Crippen LogP contribution in [0, 0.1) is 0 Å². The Morgan fingerprint density at radius 3 is 1.98 bits per heavy atom. The lowest BCUT2D eigenvalue weighted by molar-refractivity contribution is -0.00522. The van der Waals surface area contributed by atoms with Gasteiger partial charge in [-0.05, 0) is 108 Å². The summed E-state index contributed by atoms with van der Waals surface area (Å²) in [5, 5.41) is 2.31. The summed E-state index contributed by atoms with van der Waals surface area (Å²) in [4.78, 5) is 2.44. The lowest BCUT2D eigenvalue weighted by atomic mass is 9.49. The molecule has 55 heavy (non-hydrogen) atoms. The lowest BCUT2D eigenvalue weighted by Gasteiger charge is -2.55. The van der Waals surface area contributed by atoms with Crippen molar-refractivity contribution in [1.29, 1.82) is 0 Å². The maximum atomic E-state index is 7.79. The summed E-state index contributed by atoms with van der Waals surface area (Å²) in [6, 6.07) is 33.3. The maximum absolute atomic E-state index is 7.79. The van der Waals surface area contributed by atoms with E-state index in [1.807, 2.05) is 12.1 Å². The SMILES string of the molecule is COc1ccc(C2(c3ccc(N4CC(C)OC(C)C4)cc3)C=Cc3c4c(c5ccc(OC)cc5c3O2)-c2ccccc2C(C)(C)C42CCCCCCC2)cc1. The van der Waals surface area contributed by atoms with Crippen molar-refractivity contribution in [3.8, 4) is 28.4 Å². The van der Waals surface area contributed by atoms with Crippen LogP contribution in [0.3, 0.4) is 0 Å². The van der Waals surface area contributed by atoms with Crippen molar-refractivity contribution in [2.45, 2.75) is 101 Å². The molecule has 1 spiro atoms. The van der Waals surface area contributed by atoms with E-state index in [9.17, 15) is 0 Å². The molecule has 284 valence electrons. The summed E-state index contributed by atoms with van der Waals surface area (Å²) in [6.45, 7) is 11.1. The summed E-state index contributed by atoms with van der Waals surface area (Å²) >= 11 is 0. The molecule has 1 saturated carbocycles. The number of fused-ring (bicyclic) bond motifs is 9. The fourth-order valence-electron chi connectivity index (χ4n) is 10.9. The minimum absolute atomic E-state index is 0.0583. The van der Waals surface area contributed by atoms with Gasteiger partial charge in [0.15, 0.2) is 5.60 Å². The third-order valence-electron chi connectivity index (χ3n) is 13.6. The van der Waals surface area contributed by atoms with Gasteiger partial charge in [0.05, 0.1) is 26.4 Å². The number of nitrogens with zero attached hydrogens (tertiary/aromatic N) is 1. The fraction of sp³-hybridized carbons (Fsp3) is 0.400. The van der Waals surface area contributed by atoms with Crippen molar-refractivity contribution in [1.82, 2.24) is 0 Å². The van der Waals surface area contributed by atoms with E-state index in [-0.39, 0.29) is 23.0 Å². The molecule has 2 aliphatic carbocycles. The van der Waals surface area contributed by atoms with Crippen molar-refractivity contribution in [3.63, 3.8) is 0 Å². The maximum Gasteiger partial charge on any atom is 0.178 e. The van der Waals surface area contributed by atoms with E-state index in [1.54, 1.807) is 14.2 Å². The molecule has 2 heterocycles. The second-order valence-corrected chi connectivity index (χ2v) is 17.0. The van der Waals surface area contributed by atoms with Crippen LogP contribution in [0.15, 0.2) is 97.1 Å². The largest absolute Gasteiger partial charge is 0.497 e. The number of ether oxygens (including phenoxy) is 4. The minimum Gasteiger partial charge on any atom is -0.497 e. The summed E-state index contributed by atoms with van der Waals surface area (Å²) in [5.74, 6) is 2.58. The van der Waals surface area contributed by atoms with E-state index < -0.39 is 5.60 Å². The van der Waals surface area contributed by atoms with E-state index in [0.717, 1.165) is 59.7 Å². The van der Waals surface area contributed by atoms with Crippen LogP contribution in [0.5, 0.6) is 17.2 Å². The van der Waals surface area contributed by atoms with Crippen LogP contribution in [0.1, 0.15) is 100 Å². The topological polar surface area (TPSA) is 40.2 Å². The van der Waals surface area contributed by atoms with Gasteiger partial charge < -0.3 is 23.8 Å². The van der Waals surface area contributed by atoms with Gasteiger partial charge in [0, 0.05) is 46.3 Å². The molecular formula is C50H55NO4. The van der Waals surface area contributed by atoms with Crippen LogP contribution in [0.2, 0.25) is 0 Å². The molecule has 0 radical (unpaired) electrons. The Labute approximate surface area is 327 Å². The van der Waals surface area contributed by atoms with Crippen molar-refractivity contribution < 1.29 is 18.9 Å². The van der Waals surface area contributed by atoms with E-state index in [0.29, 0.717) is 0 Å². The predicted octanol–water partition coefficient (Wildman–Crippen LogP) is 11.8. The summed E-state index contributed by atoms with van der Waals surface area (Å²) < 4.78 is 25.4. The molecule has 5 aromatic rings. The van der Waals surface area contributed by atoms with E-state index >= 15 is 0 Å². The van der Waals surface area contributed by atoms with Crippen molar-refractivity contribution >= 4 is 22.5 Å². The molecule has 5 nitrogen and oxygen atoms in total. The smallest absolute Gasteiger partial charge is 0.178 e. The average Bonchev–Trinajstić information content (AvgIpc) is 3.19. The quantitative estimate of drug-likeness (QED) is 0.180. The van der Waals surface area contributed by atoms with E-state index in [1.165, 1.54) is 71.0 Å². The van der Waals surface area contributed by atoms with Crippen LogP contribution < -0.4 is 19.1 Å². The third kappa shape index (κ3) is 5.67. The minimum atomic E-state index is -0.885. The average molecular weight is 734 g/mol. The zero-order valence-corrected chi connectivity index (χ0v) is 33.4. The molecule has 3 atom stereocenters. The van der Waals surface area contributed by atoms with Crippen molar-refractivity contribution in [2.24, 2.45) is 0 Å². The Morgan fingerprint density at radius 1 is 0.691 bits per heavy atom. The normalized spacial score (nSPS) is 23.9. The van der Waals surface area contributed by atoms with E-state index in [4.69, 9.17) is 18.9 Å². The van der Waals surface area contributed by atoms with Gasteiger partial charge in [-0.3, -0.25) is 0 Å². The Morgan fingerprint density at radius 2 is 1.31 bits per heavy atom. The molecule has 9 rings (SSSR count). The van der Waals surface area contributed by atoms with Gasteiger partial charge in [0.25, 0.3) is 0 Å². The zero-order chi connectivity index (χ0) is 38.0. The summed E-state index contributed by atoms with van der Waals surface area (Å²) in [6.07, 6.45) is 13.8. The van der Waals surface area contributed by atoms with Crippen LogP contribution in [-0.2, 0) is 21.2 Å². The molecule has 0 N–H and O–H groups in total. The van der Waals surface area contributed by atoms with Gasteiger partial charge in [-0.2, -0.15) is 0 Å². The van der Waals surface area contributed by atoms with Gasteiger partial charge in [0.2, 0.25) is 0 Å². The fourth-order valence-corrected chi connectivity index (χ4v) is 10.9. The first-order valence-electron chi connectivity index (χ1n) is 20.5. The molecule has 5 heteroatoms. The summed E-state index contributed by atoms with van der Waals surface area (Å²) in [5.41, 5.74) is 9.17. The number of rotatable bonds is 5. The van der Waals surface area contributed by atoms with Gasteiger partial charge in [-0.15, -0.1) is 0 Å². The molecule has 2 fully saturated rings. The number of hydrogen-bond donors (Lipinski definition) is 0. The molecule has 0 amide bonds. The Balaban J connectivity index is 1.31. The van der Waals surface area contributed by atoms with Crippen LogP contribution in [-0.4, -0.2) is 39.5 Å². The molecule has 3 unspecified atom stereocenters. The highest BCUT2D eigenvalue weighted by atomic mass is 16.5. The number of morpholine rings is 1. The van der Waals surface area contributed by atoms with Gasteiger partial charge in [-0.1, -0.05) is 101 Å². The number of hydrogen-bond acceptors (Lipinski definition) is 5. The second-order valence-electron chi connectivity index (χ2n) is 17.0. The number of benzene rings is 5. The second kappa shape index (κ2) is 13.8. The molecule has 4 aliphatic rings. The molecular weight excluding hydrogens is 679 g/mol.